The lowest BCUT2D eigenvalue weighted by atomic mass is 9.78. The molecule has 1 aliphatic rings. The molecule has 2 unspecified atom stereocenters. The number of allylic oxidation sites excluding steroid dienone is 3. The summed E-state index contributed by atoms with van der Waals surface area (Å²) in [5, 5.41) is 0. The van der Waals surface area contributed by atoms with Gasteiger partial charge in [-0.2, -0.15) is 0 Å². The van der Waals surface area contributed by atoms with E-state index in [0.29, 0.717) is 25.0 Å². The van der Waals surface area contributed by atoms with Crippen LogP contribution in [0.25, 0.3) is 0 Å². The topological polar surface area (TPSA) is 35.5 Å². The predicted molar refractivity (Wildman–Crippen MR) is 125 cm³/mol. The van der Waals surface area contributed by atoms with Crippen molar-refractivity contribution in [2.24, 2.45) is 5.92 Å². The average molecular weight is 413 g/mol. The summed E-state index contributed by atoms with van der Waals surface area (Å²) in [5.41, 5.74) is 5.00. The second-order valence-corrected chi connectivity index (χ2v) is 10.4. The third kappa shape index (κ3) is 6.23. The monoisotopic (exact) mass is 412 g/mol. The van der Waals surface area contributed by atoms with Gasteiger partial charge in [-0.05, 0) is 66.6 Å². The Morgan fingerprint density at radius 3 is 2.27 bits per heavy atom. The molecule has 166 valence electrons. The number of benzene rings is 1. The number of ether oxygens (including phenoxy) is 2. The van der Waals surface area contributed by atoms with Crippen LogP contribution in [0, 0.1) is 5.92 Å². The summed E-state index contributed by atoms with van der Waals surface area (Å²) in [5.74, 6) is 1.72. The third-order valence-electron chi connectivity index (χ3n) is 5.56. The lowest BCUT2D eigenvalue weighted by Crippen LogP contribution is -2.19. The van der Waals surface area contributed by atoms with Crippen molar-refractivity contribution in [1.29, 1.82) is 0 Å². The largest absolute Gasteiger partial charge is 0.493 e. The Morgan fingerprint density at radius 2 is 1.73 bits per heavy atom. The van der Waals surface area contributed by atoms with E-state index < -0.39 is 0 Å². The van der Waals surface area contributed by atoms with Gasteiger partial charge in [0.15, 0.2) is 0 Å². The van der Waals surface area contributed by atoms with Gasteiger partial charge in [-0.15, -0.1) is 0 Å². The molecule has 1 saturated carbocycles. The molecule has 2 rings (SSSR count). The van der Waals surface area contributed by atoms with Gasteiger partial charge < -0.3 is 9.47 Å². The van der Waals surface area contributed by atoms with E-state index in [1.165, 1.54) is 16.7 Å². The molecule has 3 heteroatoms. The quantitative estimate of drug-likeness (QED) is 0.279. The molecule has 0 spiro atoms. The highest BCUT2D eigenvalue weighted by Crippen LogP contribution is 2.54. The fraction of sp³-hybridized carbons (Fsp3) is 0.593. The molecule has 1 aromatic carbocycles. The minimum Gasteiger partial charge on any atom is -0.493 e. The molecule has 0 saturated heterocycles. The molecule has 30 heavy (non-hydrogen) atoms. The minimum absolute atomic E-state index is 0.0136. The van der Waals surface area contributed by atoms with E-state index in [1.54, 1.807) is 6.08 Å². The van der Waals surface area contributed by atoms with Crippen molar-refractivity contribution < 1.29 is 14.3 Å². The second-order valence-electron chi connectivity index (χ2n) is 10.4. The molecule has 2 atom stereocenters. The van der Waals surface area contributed by atoms with Gasteiger partial charge in [-0.25, -0.2) is 4.79 Å². The van der Waals surface area contributed by atoms with Crippen molar-refractivity contribution in [3.05, 3.63) is 52.6 Å². The first-order valence-corrected chi connectivity index (χ1v) is 11.2. The molecule has 0 bridgehead atoms. The van der Waals surface area contributed by atoms with Crippen LogP contribution in [0.15, 0.2) is 35.9 Å². The van der Waals surface area contributed by atoms with Crippen LogP contribution >= 0.6 is 0 Å². The summed E-state index contributed by atoms with van der Waals surface area (Å²) in [6.07, 6.45) is 6.94. The highest BCUT2D eigenvalue weighted by Gasteiger charge is 2.40. The number of esters is 1. The van der Waals surface area contributed by atoms with E-state index in [1.807, 2.05) is 19.9 Å². The molecule has 0 heterocycles. The van der Waals surface area contributed by atoms with Gasteiger partial charge in [0, 0.05) is 11.6 Å². The molecule has 1 aromatic rings. The van der Waals surface area contributed by atoms with Crippen molar-refractivity contribution in [3.63, 3.8) is 0 Å². The van der Waals surface area contributed by atoms with Crippen molar-refractivity contribution >= 4 is 5.97 Å². The van der Waals surface area contributed by atoms with E-state index in [0.717, 1.165) is 17.7 Å². The van der Waals surface area contributed by atoms with Crippen LogP contribution < -0.4 is 4.74 Å². The van der Waals surface area contributed by atoms with E-state index in [2.05, 4.69) is 66.7 Å². The van der Waals surface area contributed by atoms with Crippen LogP contribution in [-0.4, -0.2) is 19.2 Å². The number of hydrogen-bond acceptors (Lipinski definition) is 3. The van der Waals surface area contributed by atoms with Gasteiger partial charge in [0.05, 0.1) is 13.2 Å². The van der Waals surface area contributed by atoms with Crippen molar-refractivity contribution in [2.75, 3.05) is 13.2 Å². The van der Waals surface area contributed by atoms with Crippen molar-refractivity contribution in [2.45, 2.75) is 85.5 Å². The molecule has 3 nitrogen and oxygen atoms in total. The standard InChI is InChI=1S/C27H40O3/c1-10-29-24(28)14-18(3)12-13-19-15-21(19)22-16-20(26(4,5)6)17-23(27(7,8)9)25(22)30-11-2/h12-14,16-17,19,21H,10-11,15H2,1-9H3. The van der Waals surface area contributed by atoms with Gasteiger partial charge in [0.2, 0.25) is 0 Å². The third-order valence-corrected chi connectivity index (χ3v) is 5.56. The Kier molecular flexibility index (Phi) is 7.60. The normalized spacial score (nSPS) is 19.8. The van der Waals surface area contributed by atoms with Crippen molar-refractivity contribution in [1.82, 2.24) is 0 Å². The van der Waals surface area contributed by atoms with Crippen LogP contribution in [0.2, 0.25) is 0 Å². The summed E-state index contributed by atoms with van der Waals surface area (Å²) in [6, 6.07) is 4.70. The van der Waals surface area contributed by atoms with E-state index >= 15 is 0 Å². The molecule has 1 fully saturated rings. The molecule has 1 aliphatic carbocycles. The van der Waals surface area contributed by atoms with Crippen LogP contribution in [0.3, 0.4) is 0 Å². The first kappa shape index (κ1) is 24.2. The maximum Gasteiger partial charge on any atom is 0.330 e. The summed E-state index contributed by atoms with van der Waals surface area (Å²) in [4.78, 5) is 11.6. The summed E-state index contributed by atoms with van der Waals surface area (Å²) in [7, 11) is 0. The summed E-state index contributed by atoms with van der Waals surface area (Å²) >= 11 is 0. The molecule has 0 N–H and O–H groups in total. The summed E-state index contributed by atoms with van der Waals surface area (Å²) < 4.78 is 11.2. The molecule has 0 aromatic heterocycles. The van der Waals surface area contributed by atoms with Gasteiger partial charge in [0.1, 0.15) is 5.75 Å². The fourth-order valence-electron chi connectivity index (χ4n) is 3.70. The first-order valence-electron chi connectivity index (χ1n) is 11.2. The SMILES string of the molecule is CCOC(=O)C=C(C)C=CC1CC1c1cc(C(C)(C)C)cc(C(C)(C)C)c1OCC. The fourth-order valence-corrected chi connectivity index (χ4v) is 3.70. The number of carbonyl (C=O) groups excluding carboxylic acids is 1. The Balaban J connectivity index is 2.37. The number of carbonyl (C=O) groups is 1. The highest BCUT2D eigenvalue weighted by atomic mass is 16.5. The number of hydrogen-bond donors (Lipinski definition) is 0. The van der Waals surface area contributed by atoms with Crippen LogP contribution in [0.5, 0.6) is 5.75 Å². The van der Waals surface area contributed by atoms with Gasteiger partial charge in [0.25, 0.3) is 0 Å². The Morgan fingerprint density at radius 1 is 1.07 bits per heavy atom. The maximum absolute atomic E-state index is 11.6. The molecular weight excluding hydrogens is 372 g/mol. The van der Waals surface area contributed by atoms with Crippen LogP contribution in [0.4, 0.5) is 0 Å². The zero-order valence-corrected chi connectivity index (χ0v) is 20.4. The van der Waals surface area contributed by atoms with Crippen molar-refractivity contribution in [3.8, 4) is 5.75 Å². The Labute approximate surface area is 183 Å². The number of rotatable bonds is 7. The highest BCUT2D eigenvalue weighted by molar-refractivity contribution is 5.83. The minimum atomic E-state index is -0.279. The molecule has 0 aliphatic heterocycles. The predicted octanol–water partition coefficient (Wildman–Crippen LogP) is 6.85. The molecular formula is C27H40O3. The lowest BCUT2D eigenvalue weighted by molar-refractivity contribution is -0.137. The summed E-state index contributed by atoms with van der Waals surface area (Å²) in [6.45, 7) is 20.5. The van der Waals surface area contributed by atoms with Crippen LogP contribution in [-0.2, 0) is 20.4 Å². The maximum atomic E-state index is 11.6. The zero-order valence-electron chi connectivity index (χ0n) is 20.4. The van der Waals surface area contributed by atoms with Gasteiger partial charge in [-0.3, -0.25) is 0 Å². The van der Waals surface area contributed by atoms with Gasteiger partial charge in [-0.1, -0.05) is 65.8 Å². The smallest absolute Gasteiger partial charge is 0.330 e. The Hall–Kier alpha value is -2.03. The molecule has 0 amide bonds. The zero-order chi connectivity index (χ0) is 22.7. The molecule has 0 radical (unpaired) electrons. The van der Waals surface area contributed by atoms with E-state index in [9.17, 15) is 4.79 Å². The van der Waals surface area contributed by atoms with Crippen LogP contribution in [0.1, 0.15) is 91.3 Å². The Bertz CT molecular complexity index is 816. The van der Waals surface area contributed by atoms with Gasteiger partial charge >= 0.3 is 5.97 Å². The van der Waals surface area contributed by atoms with E-state index in [-0.39, 0.29) is 16.8 Å². The second kappa shape index (κ2) is 9.41. The first-order chi connectivity index (χ1) is 13.9. The van der Waals surface area contributed by atoms with E-state index in [4.69, 9.17) is 9.47 Å². The lowest BCUT2D eigenvalue weighted by Gasteiger charge is -2.29. The average Bonchev–Trinajstić information content (AvgIpc) is 3.38.